The van der Waals surface area contributed by atoms with Gasteiger partial charge in [-0.3, -0.25) is 8.75 Å². The van der Waals surface area contributed by atoms with Gasteiger partial charge in [-0.25, -0.2) is 0 Å². The maximum Gasteiger partial charge on any atom is 0.361 e. The Labute approximate surface area is 218 Å². The second-order valence-electron chi connectivity index (χ2n) is 8.22. The zero-order chi connectivity index (χ0) is 26.9. The predicted molar refractivity (Wildman–Crippen MR) is 142 cm³/mol. The van der Waals surface area contributed by atoms with E-state index in [1.807, 2.05) is 91.0 Å². The van der Waals surface area contributed by atoms with Gasteiger partial charge in [-0.1, -0.05) is 91.0 Å². The van der Waals surface area contributed by atoms with Crippen molar-refractivity contribution in [2.24, 2.45) is 0 Å². The number of aliphatic hydroxyl groups excluding tert-OH is 1. The van der Waals surface area contributed by atoms with Crippen molar-refractivity contribution in [3.63, 3.8) is 0 Å². The van der Waals surface area contributed by atoms with Crippen molar-refractivity contribution >= 4 is 17.7 Å². The summed E-state index contributed by atoms with van der Waals surface area (Å²) in [5, 5.41) is 11.1. The quantitative estimate of drug-likeness (QED) is 0.172. The summed E-state index contributed by atoms with van der Waals surface area (Å²) >= 11 is 0. The summed E-state index contributed by atoms with van der Waals surface area (Å²) in [7, 11) is -8.26. The van der Waals surface area contributed by atoms with Gasteiger partial charge < -0.3 is 18.9 Å². The molecule has 0 fully saturated rings. The molecule has 0 spiro atoms. The van der Waals surface area contributed by atoms with Crippen LogP contribution >= 0.6 is 7.60 Å². The molecule has 10 heteroatoms. The number of rotatable bonds is 14. The molecular weight excluding hydrogens is 515 g/mol. The molecule has 0 aromatic heterocycles. The average Bonchev–Trinajstić information content (AvgIpc) is 2.89. The molecule has 0 saturated heterocycles. The normalized spacial score (nSPS) is 14.3. The third-order valence-electron chi connectivity index (χ3n) is 5.58. The summed E-state index contributed by atoms with van der Waals surface area (Å²) in [5.74, 6) is -1.93. The van der Waals surface area contributed by atoms with E-state index in [1.54, 1.807) is 13.8 Å². The lowest BCUT2D eigenvalue weighted by Gasteiger charge is -2.37. The van der Waals surface area contributed by atoms with E-state index in [2.05, 4.69) is 0 Å². The van der Waals surface area contributed by atoms with Crippen molar-refractivity contribution in [2.75, 3.05) is 26.1 Å². The molecule has 3 aromatic carbocycles. The van der Waals surface area contributed by atoms with Crippen LogP contribution in [-0.4, -0.2) is 51.5 Å². The highest BCUT2D eigenvalue weighted by molar-refractivity contribution is 7.86. The Kier molecular flexibility index (Phi) is 10.2. The summed E-state index contributed by atoms with van der Waals surface area (Å²) in [6, 6.07) is 28.3. The number of hydrogen-bond acceptors (Lipinski definition) is 8. The van der Waals surface area contributed by atoms with Crippen LogP contribution in [-0.2, 0) is 38.3 Å². The lowest BCUT2D eigenvalue weighted by Crippen LogP contribution is -2.41. The van der Waals surface area contributed by atoms with Crippen LogP contribution < -0.4 is 0 Å². The topological polar surface area (TPSA) is 108 Å². The first-order valence-corrected chi connectivity index (χ1v) is 15.3. The van der Waals surface area contributed by atoms with Crippen LogP contribution in [0.25, 0.3) is 0 Å². The number of hydrogen-bond donors (Lipinski definition) is 1. The van der Waals surface area contributed by atoms with Gasteiger partial charge in [0.2, 0.25) is 0 Å². The second kappa shape index (κ2) is 12.9. The Morgan fingerprint density at radius 3 is 1.49 bits per heavy atom. The third-order valence-corrected chi connectivity index (χ3v) is 8.39. The van der Waals surface area contributed by atoms with Crippen LogP contribution in [0.5, 0.6) is 0 Å². The van der Waals surface area contributed by atoms with Gasteiger partial charge in [0.15, 0.2) is 5.85 Å². The van der Waals surface area contributed by atoms with Gasteiger partial charge in [0, 0.05) is 0 Å². The van der Waals surface area contributed by atoms with Crippen LogP contribution in [0.15, 0.2) is 91.0 Å². The lowest BCUT2D eigenvalue weighted by molar-refractivity contribution is -0.0550. The minimum absolute atomic E-state index is 0.0250. The van der Waals surface area contributed by atoms with Gasteiger partial charge in [-0.15, -0.1) is 0 Å². The lowest BCUT2D eigenvalue weighted by atomic mass is 9.80. The van der Waals surface area contributed by atoms with Crippen molar-refractivity contribution in [3.05, 3.63) is 108 Å². The number of benzene rings is 3. The molecule has 0 bridgehead atoms. The van der Waals surface area contributed by atoms with Gasteiger partial charge in [-0.2, -0.15) is 8.42 Å². The van der Waals surface area contributed by atoms with E-state index in [0.717, 1.165) is 22.9 Å². The van der Waals surface area contributed by atoms with Crippen LogP contribution in [0.4, 0.5) is 0 Å². The Balaban J connectivity index is 2.14. The molecular formula is C27H33O8PS. The first kappa shape index (κ1) is 29.2. The number of aliphatic hydroxyl groups is 1. The molecule has 0 heterocycles. The van der Waals surface area contributed by atoms with E-state index in [9.17, 15) is 18.1 Å². The largest absolute Gasteiger partial charge is 0.378 e. The molecule has 8 nitrogen and oxygen atoms in total. The zero-order valence-electron chi connectivity index (χ0n) is 21.1. The molecule has 0 aliphatic carbocycles. The van der Waals surface area contributed by atoms with Crippen molar-refractivity contribution < 1.29 is 36.1 Å². The summed E-state index contributed by atoms with van der Waals surface area (Å²) in [5.41, 5.74) is 1.07. The summed E-state index contributed by atoms with van der Waals surface area (Å²) < 4.78 is 60.0. The fourth-order valence-electron chi connectivity index (χ4n) is 4.12. The van der Waals surface area contributed by atoms with Crippen LogP contribution in [0.2, 0.25) is 0 Å². The molecule has 3 rings (SSSR count). The standard InChI is InChI=1S/C27H33O8PS/c1-4-33-36(29,34-5-2)26(28)25(35-37(3,30)31)21-32-27(22-15-9-6-10-16-22,23-17-11-7-12-18-23)24-19-13-8-14-20-24/h6-20,25-26,28H,4-5,21H2,1-3H3/t25-,26-/m1/s1. The monoisotopic (exact) mass is 548 g/mol. The summed E-state index contributed by atoms with van der Waals surface area (Å²) in [6.45, 7) is 2.67. The molecule has 0 unspecified atom stereocenters. The molecule has 0 radical (unpaired) electrons. The Morgan fingerprint density at radius 1 is 0.784 bits per heavy atom. The van der Waals surface area contributed by atoms with E-state index >= 15 is 0 Å². The molecule has 0 aliphatic heterocycles. The fraction of sp³-hybridized carbons (Fsp3) is 0.333. The van der Waals surface area contributed by atoms with Gasteiger partial charge in [0.05, 0.1) is 26.1 Å². The van der Waals surface area contributed by atoms with E-state index in [0.29, 0.717) is 0 Å². The van der Waals surface area contributed by atoms with Gasteiger partial charge in [-0.05, 0) is 30.5 Å². The minimum Gasteiger partial charge on any atom is -0.378 e. The highest BCUT2D eigenvalue weighted by Crippen LogP contribution is 2.54. The van der Waals surface area contributed by atoms with Gasteiger partial charge in [0.1, 0.15) is 11.7 Å². The molecule has 2 atom stereocenters. The van der Waals surface area contributed by atoms with Crippen LogP contribution in [0, 0.1) is 0 Å². The molecule has 200 valence electrons. The SMILES string of the molecule is CCOP(=O)(OCC)[C@@H](O)[C@@H](COC(c1ccccc1)(c1ccccc1)c1ccccc1)OS(C)(=O)=O. The van der Waals surface area contributed by atoms with Crippen molar-refractivity contribution in [2.45, 2.75) is 31.4 Å². The summed E-state index contributed by atoms with van der Waals surface area (Å²) in [6.07, 6.45) is -0.743. The highest BCUT2D eigenvalue weighted by Gasteiger charge is 2.45. The van der Waals surface area contributed by atoms with Crippen LogP contribution in [0.1, 0.15) is 30.5 Å². The molecule has 0 amide bonds. The minimum atomic E-state index is -4.16. The molecule has 0 aliphatic rings. The van der Waals surface area contributed by atoms with Crippen molar-refractivity contribution in [1.82, 2.24) is 0 Å². The fourth-order valence-corrected chi connectivity index (χ4v) is 6.46. The Bertz CT molecular complexity index is 1150. The Hall–Kier alpha value is -2.36. The van der Waals surface area contributed by atoms with E-state index in [4.69, 9.17) is 18.0 Å². The summed E-state index contributed by atoms with van der Waals surface area (Å²) in [4.78, 5) is 0. The maximum atomic E-state index is 13.4. The van der Waals surface area contributed by atoms with Gasteiger partial charge >= 0.3 is 7.60 Å². The highest BCUT2D eigenvalue weighted by atomic mass is 32.2. The first-order chi connectivity index (χ1) is 17.7. The maximum absolute atomic E-state index is 13.4. The Morgan fingerprint density at radius 2 is 1.16 bits per heavy atom. The zero-order valence-corrected chi connectivity index (χ0v) is 22.8. The van der Waals surface area contributed by atoms with Gasteiger partial charge in [0.25, 0.3) is 10.1 Å². The molecule has 3 aromatic rings. The molecule has 0 saturated carbocycles. The van der Waals surface area contributed by atoms with Crippen LogP contribution in [0.3, 0.4) is 0 Å². The molecule has 1 N–H and O–H groups in total. The van der Waals surface area contributed by atoms with E-state index in [1.165, 1.54) is 0 Å². The second-order valence-corrected chi connectivity index (χ2v) is 11.9. The van der Waals surface area contributed by atoms with Crippen molar-refractivity contribution in [1.29, 1.82) is 0 Å². The predicted octanol–water partition coefficient (Wildman–Crippen LogP) is 4.92. The third kappa shape index (κ3) is 7.15. The molecule has 37 heavy (non-hydrogen) atoms. The smallest absolute Gasteiger partial charge is 0.361 e. The van der Waals surface area contributed by atoms with E-state index in [-0.39, 0.29) is 13.2 Å². The van der Waals surface area contributed by atoms with Crippen molar-refractivity contribution in [3.8, 4) is 0 Å². The number of ether oxygens (including phenoxy) is 1. The average molecular weight is 549 g/mol. The van der Waals surface area contributed by atoms with E-state index < -0.39 is 41.9 Å². The first-order valence-electron chi connectivity index (χ1n) is 11.9.